The van der Waals surface area contributed by atoms with Gasteiger partial charge in [-0.3, -0.25) is 4.72 Å². The Labute approximate surface area is 204 Å². The monoisotopic (exact) mass is 551 g/mol. The third kappa shape index (κ3) is 7.38. The third-order valence-electron chi connectivity index (χ3n) is 4.29. The minimum atomic E-state index is -4.05. The van der Waals surface area contributed by atoms with Gasteiger partial charge in [0.05, 0.1) is 15.7 Å². The predicted molar refractivity (Wildman–Crippen MR) is 114 cm³/mol. The Morgan fingerprint density at radius 1 is 1.03 bits per heavy atom. The third-order valence-corrected chi connectivity index (χ3v) is 7.92. The van der Waals surface area contributed by atoms with E-state index in [0.29, 0.717) is 11.3 Å². The number of aromatic nitrogens is 3. The van der Waals surface area contributed by atoms with E-state index < -0.39 is 35.2 Å². The van der Waals surface area contributed by atoms with Crippen LogP contribution < -0.4 is 28.4 Å². The standard InChI is InChI=1S/C18H22N5O4S3.ClO3/c1-11(2)16-10-12(3)9-13(4)23(16)14-5-7-15(8-6-14)30(26,27)22-17-20-21-18(28-17)29(19,24)25;2-1(3)4/h5-11H,1-4H3,(H,20,22)(H2,19,24,25);/q+1;-1. The van der Waals surface area contributed by atoms with Crippen LogP contribution in [0.4, 0.5) is 5.13 Å². The van der Waals surface area contributed by atoms with E-state index in [9.17, 15) is 16.8 Å². The molecule has 3 N–H and O–H groups in total. The van der Waals surface area contributed by atoms with Gasteiger partial charge in [-0.05, 0) is 24.6 Å². The van der Waals surface area contributed by atoms with Gasteiger partial charge in [0.2, 0.25) is 15.2 Å². The highest BCUT2D eigenvalue weighted by Crippen LogP contribution is 2.23. The Hall–Kier alpha value is -2.24. The van der Waals surface area contributed by atoms with Gasteiger partial charge in [0.1, 0.15) is 0 Å². The maximum atomic E-state index is 12.6. The number of aryl methyl sites for hydroxylation is 2. The second-order valence-electron chi connectivity index (χ2n) is 7.30. The summed E-state index contributed by atoms with van der Waals surface area (Å²) in [6, 6.07) is 10.6. The van der Waals surface area contributed by atoms with Crippen LogP contribution in [0.2, 0.25) is 0 Å². The molecule has 0 spiro atoms. The first-order chi connectivity index (χ1) is 15.6. The number of hydrogen-bond donors (Lipinski definition) is 2. The van der Waals surface area contributed by atoms with Crippen molar-refractivity contribution in [3.8, 4) is 5.69 Å². The Kier molecular flexibility index (Phi) is 9.06. The summed E-state index contributed by atoms with van der Waals surface area (Å²) >= 11 is 0.540. The molecule has 0 atom stereocenters. The maximum Gasteiger partial charge on any atom is 0.267 e. The van der Waals surface area contributed by atoms with Gasteiger partial charge in [0, 0.05) is 37.1 Å². The molecule has 0 amide bonds. The summed E-state index contributed by atoms with van der Waals surface area (Å²) < 4.78 is 76.9. The lowest BCUT2D eigenvalue weighted by molar-refractivity contribution is -1.73. The zero-order chi connectivity index (χ0) is 25.8. The molecule has 0 aliphatic heterocycles. The molecule has 12 nitrogen and oxygen atoms in total. The molecule has 0 saturated heterocycles. The molecule has 2 aromatic heterocycles. The zero-order valence-electron chi connectivity index (χ0n) is 18.4. The number of pyridine rings is 1. The number of halogens is 1. The number of rotatable bonds is 6. The van der Waals surface area contributed by atoms with Crippen molar-refractivity contribution in [1.82, 2.24) is 10.2 Å². The first kappa shape index (κ1) is 28.0. The van der Waals surface area contributed by atoms with Gasteiger partial charge in [0.15, 0.2) is 11.4 Å². The predicted octanol–water partition coefficient (Wildman–Crippen LogP) is -1.56. The van der Waals surface area contributed by atoms with Crippen molar-refractivity contribution in [1.29, 1.82) is 0 Å². The topological polar surface area (TPSA) is 205 Å². The van der Waals surface area contributed by atoms with Crippen LogP contribution in [0.1, 0.15) is 36.7 Å². The van der Waals surface area contributed by atoms with Crippen molar-refractivity contribution >= 4 is 36.5 Å². The fourth-order valence-corrected chi connectivity index (χ4v) is 5.59. The van der Waals surface area contributed by atoms with Crippen molar-refractivity contribution in [3.05, 3.63) is 53.3 Å². The molecule has 16 heteroatoms. The molecule has 0 saturated carbocycles. The summed E-state index contributed by atoms with van der Waals surface area (Å²) in [4.78, 5) is 0.00932. The van der Waals surface area contributed by atoms with Crippen molar-refractivity contribution in [2.24, 2.45) is 5.14 Å². The molecule has 34 heavy (non-hydrogen) atoms. The SMILES string of the molecule is Cc1cc(C)[n+](-c2ccc(S(=O)(=O)Nc3nnc(S(N)(=O)=O)s3)cc2)c(C(C)C)c1.[O-][Cl+2]([O-])[O-]. The second kappa shape index (κ2) is 11.0. The summed E-state index contributed by atoms with van der Waals surface area (Å²) in [7, 11) is -10.9. The first-order valence-electron chi connectivity index (χ1n) is 9.37. The molecule has 0 aliphatic carbocycles. The smallest absolute Gasteiger partial charge is 0.267 e. The summed E-state index contributed by atoms with van der Waals surface area (Å²) in [5.41, 5.74) is 4.15. The van der Waals surface area contributed by atoms with Crippen LogP contribution in [0.15, 0.2) is 45.6 Å². The fraction of sp³-hybridized carbons (Fsp3) is 0.278. The highest BCUT2D eigenvalue weighted by Gasteiger charge is 2.23. The Morgan fingerprint density at radius 2 is 1.59 bits per heavy atom. The quantitative estimate of drug-likeness (QED) is 0.339. The summed E-state index contributed by atoms with van der Waals surface area (Å²) in [5, 5.41) is 11.7. The highest BCUT2D eigenvalue weighted by molar-refractivity contribution is 7.93. The number of sulfonamides is 2. The number of nitrogens with zero attached hydrogens (tertiary/aromatic N) is 3. The van der Waals surface area contributed by atoms with Gasteiger partial charge >= 0.3 is 0 Å². The lowest BCUT2D eigenvalue weighted by Crippen LogP contribution is -2.42. The highest BCUT2D eigenvalue weighted by atomic mass is 35.6. The molecule has 0 aliphatic rings. The van der Waals surface area contributed by atoms with E-state index in [2.05, 4.69) is 45.5 Å². The Balaban J connectivity index is 0.000000945. The lowest BCUT2D eigenvalue weighted by atomic mass is 10.1. The van der Waals surface area contributed by atoms with E-state index >= 15 is 0 Å². The second-order valence-corrected chi connectivity index (χ2v) is 12.1. The number of nitrogens with one attached hydrogen (secondary N) is 1. The first-order valence-corrected chi connectivity index (χ1v) is 14.1. The summed E-state index contributed by atoms with van der Waals surface area (Å²) in [6.07, 6.45) is 0. The fourth-order valence-electron chi connectivity index (χ4n) is 3.03. The molecule has 1 aromatic carbocycles. The van der Waals surface area contributed by atoms with E-state index in [4.69, 9.17) is 19.1 Å². The number of benzene rings is 1. The van der Waals surface area contributed by atoms with Crippen LogP contribution in [-0.2, 0) is 20.0 Å². The van der Waals surface area contributed by atoms with Crippen LogP contribution in [0.5, 0.6) is 0 Å². The van der Waals surface area contributed by atoms with Crippen LogP contribution in [0.25, 0.3) is 5.69 Å². The normalized spacial score (nSPS) is 11.9. The number of nitrogens with two attached hydrogens (primary N) is 1. The number of hydrogen-bond acceptors (Lipinski definition) is 10. The van der Waals surface area contributed by atoms with Crippen molar-refractivity contribution < 1.29 is 46.2 Å². The Bertz CT molecular complexity index is 1360. The van der Waals surface area contributed by atoms with Gasteiger partial charge in [-0.15, -0.1) is 10.2 Å². The van der Waals surface area contributed by atoms with Crippen LogP contribution >= 0.6 is 11.3 Å². The van der Waals surface area contributed by atoms with E-state index in [-0.39, 0.29) is 15.9 Å². The van der Waals surface area contributed by atoms with Crippen molar-refractivity contribution in [2.45, 2.75) is 42.8 Å². The minimum absolute atomic E-state index is 0.00932. The lowest BCUT2D eigenvalue weighted by Gasteiger charge is -2.11. The minimum Gasteiger partial charge on any atom is -0.357 e. The molecule has 0 unspecified atom stereocenters. The Morgan fingerprint density at radius 3 is 2.06 bits per heavy atom. The molecule has 186 valence electrons. The average Bonchev–Trinajstić information content (AvgIpc) is 3.15. The molecule has 3 aromatic rings. The van der Waals surface area contributed by atoms with Gasteiger partial charge in [-0.1, -0.05) is 25.2 Å². The maximum absolute atomic E-state index is 12.6. The van der Waals surface area contributed by atoms with Gasteiger partial charge in [0.25, 0.3) is 20.0 Å². The molecule has 0 radical (unpaired) electrons. The van der Waals surface area contributed by atoms with E-state index in [1.807, 2.05) is 13.8 Å². The molecule has 0 fully saturated rings. The van der Waals surface area contributed by atoms with E-state index in [1.54, 1.807) is 12.1 Å². The number of anilines is 1. The van der Waals surface area contributed by atoms with Crippen molar-refractivity contribution in [2.75, 3.05) is 4.72 Å². The molecular weight excluding hydrogens is 530 g/mol. The summed E-state index contributed by atoms with van der Waals surface area (Å²) in [6.45, 7) is 8.25. The number of primary sulfonamides is 1. The molecule has 3 rings (SSSR count). The average molecular weight is 552 g/mol. The van der Waals surface area contributed by atoms with Gasteiger partial charge in [-0.25, -0.2) is 22.0 Å². The van der Waals surface area contributed by atoms with Gasteiger partial charge in [-0.2, -0.15) is 4.57 Å². The molecule has 0 bridgehead atoms. The van der Waals surface area contributed by atoms with Crippen LogP contribution in [-0.4, -0.2) is 27.0 Å². The van der Waals surface area contributed by atoms with Gasteiger partial charge < -0.3 is 14.0 Å². The largest absolute Gasteiger partial charge is 0.357 e. The van der Waals surface area contributed by atoms with Crippen LogP contribution in [0, 0.1) is 24.6 Å². The van der Waals surface area contributed by atoms with E-state index in [0.717, 1.165) is 22.6 Å². The van der Waals surface area contributed by atoms with Crippen LogP contribution in [0.3, 0.4) is 0 Å². The molecule has 2 heterocycles. The summed E-state index contributed by atoms with van der Waals surface area (Å²) in [5.74, 6) is 0.277. The molecular formula is C18H22ClN5O7S3. The van der Waals surface area contributed by atoms with Crippen molar-refractivity contribution in [3.63, 3.8) is 0 Å². The zero-order valence-corrected chi connectivity index (χ0v) is 21.6. The van der Waals surface area contributed by atoms with E-state index in [1.165, 1.54) is 12.1 Å².